The van der Waals surface area contributed by atoms with Crippen molar-refractivity contribution in [2.24, 2.45) is 5.41 Å². The van der Waals surface area contributed by atoms with Crippen LogP contribution in [-0.4, -0.2) is 56.2 Å². The lowest BCUT2D eigenvalue weighted by Gasteiger charge is -2.43. The SMILES string of the molecule is CC1(C)CCC(N2CCC(c3cnc(Nc4ccnc(Cl)c4)nc3N[C@H]3CC[C@H](O)CC3)CC2)CC1. The third-order valence-electron chi connectivity index (χ3n) is 8.63. The fourth-order valence-electron chi connectivity index (χ4n) is 6.21. The normalized spacial score (nSPS) is 26.0. The summed E-state index contributed by atoms with van der Waals surface area (Å²) in [5, 5.41) is 17.4. The van der Waals surface area contributed by atoms with Gasteiger partial charge in [0, 0.05) is 35.7 Å². The van der Waals surface area contributed by atoms with Gasteiger partial charge in [0.05, 0.1) is 6.10 Å². The molecule has 3 aliphatic rings. The van der Waals surface area contributed by atoms with Crippen molar-refractivity contribution in [3.8, 4) is 0 Å². The number of pyridine rings is 1. The van der Waals surface area contributed by atoms with Crippen molar-refractivity contribution in [3.05, 3.63) is 35.2 Å². The maximum atomic E-state index is 9.96. The first-order chi connectivity index (χ1) is 17.3. The molecule has 0 unspecified atom stereocenters. The number of halogens is 1. The summed E-state index contributed by atoms with van der Waals surface area (Å²) in [6.45, 7) is 7.14. The van der Waals surface area contributed by atoms with Crippen molar-refractivity contribution < 1.29 is 5.11 Å². The molecule has 2 saturated carbocycles. The van der Waals surface area contributed by atoms with Crippen LogP contribution in [0.5, 0.6) is 0 Å². The van der Waals surface area contributed by atoms with E-state index in [1.807, 2.05) is 12.3 Å². The summed E-state index contributed by atoms with van der Waals surface area (Å²) in [7, 11) is 0. The van der Waals surface area contributed by atoms with Gasteiger partial charge in [-0.05, 0) is 101 Å². The van der Waals surface area contributed by atoms with Crippen LogP contribution in [0, 0.1) is 5.41 Å². The number of rotatable bonds is 6. The number of nitrogens with one attached hydrogen (secondary N) is 2. The molecule has 0 spiro atoms. The molecule has 2 aromatic rings. The van der Waals surface area contributed by atoms with Crippen LogP contribution in [0.2, 0.25) is 5.15 Å². The molecule has 3 heterocycles. The van der Waals surface area contributed by atoms with E-state index in [-0.39, 0.29) is 6.10 Å². The zero-order valence-corrected chi connectivity index (χ0v) is 22.5. The van der Waals surface area contributed by atoms with Crippen LogP contribution in [0.15, 0.2) is 24.5 Å². The number of nitrogens with zero attached hydrogens (tertiary/aromatic N) is 4. The highest BCUT2D eigenvalue weighted by molar-refractivity contribution is 6.29. The Morgan fingerprint density at radius 3 is 2.42 bits per heavy atom. The van der Waals surface area contributed by atoms with Crippen LogP contribution in [0.25, 0.3) is 0 Å². The van der Waals surface area contributed by atoms with Crippen molar-refractivity contribution in [2.75, 3.05) is 23.7 Å². The van der Waals surface area contributed by atoms with Crippen molar-refractivity contribution in [1.82, 2.24) is 19.9 Å². The van der Waals surface area contributed by atoms with Crippen LogP contribution in [0.3, 0.4) is 0 Å². The lowest BCUT2D eigenvalue weighted by atomic mass is 9.75. The number of hydrogen-bond acceptors (Lipinski definition) is 7. The van der Waals surface area contributed by atoms with Crippen molar-refractivity contribution in [3.63, 3.8) is 0 Å². The molecule has 1 saturated heterocycles. The average molecular weight is 513 g/mol. The molecule has 0 atom stereocenters. The maximum absolute atomic E-state index is 9.96. The minimum atomic E-state index is -0.170. The van der Waals surface area contributed by atoms with Gasteiger partial charge in [0.2, 0.25) is 5.95 Å². The van der Waals surface area contributed by atoms with Gasteiger partial charge in [-0.15, -0.1) is 0 Å². The summed E-state index contributed by atoms with van der Waals surface area (Å²) in [5.74, 6) is 1.95. The molecule has 0 bridgehead atoms. The van der Waals surface area contributed by atoms with Crippen LogP contribution in [-0.2, 0) is 0 Å². The third-order valence-corrected chi connectivity index (χ3v) is 8.84. The average Bonchev–Trinajstić information content (AvgIpc) is 2.86. The Morgan fingerprint density at radius 1 is 1.00 bits per heavy atom. The molecule has 8 heteroatoms. The van der Waals surface area contributed by atoms with Gasteiger partial charge < -0.3 is 20.6 Å². The molecule has 0 aromatic carbocycles. The highest BCUT2D eigenvalue weighted by atomic mass is 35.5. The van der Waals surface area contributed by atoms with Gasteiger partial charge in [-0.1, -0.05) is 25.4 Å². The predicted molar refractivity (Wildman–Crippen MR) is 146 cm³/mol. The third kappa shape index (κ3) is 6.48. The van der Waals surface area contributed by atoms with Gasteiger partial charge in [-0.2, -0.15) is 4.98 Å². The maximum Gasteiger partial charge on any atom is 0.229 e. The van der Waals surface area contributed by atoms with E-state index >= 15 is 0 Å². The molecule has 196 valence electrons. The quantitative estimate of drug-likeness (QED) is 0.401. The molecular formula is C28H41ClN6O. The van der Waals surface area contributed by atoms with E-state index in [1.54, 1.807) is 12.3 Å². The van der Waals surface area contributed by atoms with E-state index in [9.17, 15) is 5.11 Å². The standard InChI is InChI=1S/C28H41ClN6O/c1-28(2)12-7-22(8-13-28)35-15-10-19(11-16-35)24-18-31-27(33-21-9-14-30-25(29)17-21)34-26(24)32-20-3-5-23(36)6-4-20/h9,14,17-20,22-23,36H,3-8,10-13,15-16H2,1-2H3,(H2,30,31,32,33,34)/t20-,23-. The van der Waals surface area contributed by atoms with Gasteiger partial charge in [-0.25, -0.2) is 9.97 Å². The van der Waals surface area contributed by atoms with Gasteiger partial charge in [0.15, 0.2) is 0 Å². The summed E-state index contributed by atoms with van der Waals surface area (Å²) >= 11 is 6.06. The molecule has 5 rings (SSSR count). The predicted octanol–water partition coefficient (Wildman–Crippen LogP) is 6.13. The van der Waals surface area contributed by atoms with E-state index in [0.717, 1.165) is 69.2 Å². The fraction of sp³-hybridized carbons (Fsp3) is 0.679. The largest absolute Gasteiger partial charge is 0.393 e. The van der Waals surface area contributed by atoms with Gasteiger partial charge >= 0.3 is 0 Å². The van der Waals surface area contributed by atoms with E-state index in [0.29, 0.717) is 28.5 Å². The Bertz CT molecular complexity index is 1010. The number of aliphatic hydroxyl groups is 1. The summed E-state index contributed by atoms with van der Waals surface area (Å²) < 4.78 is 0. The summed E-state index contributed by atoms with van der Waals surface area (Å²) in [6.07, 6.45) is 14.8. The molecule has 36 heavy (non-hydrogen) atoms. The Balaban J connectivity index is 1.29. The minimum Gasteiger partial charge on any atom is -0.393 e. The Kier molecular flexibility index (Phi) is 7.99. The monoisotopic (exact) mass is 512 g/mol. The molecule has 2 aromatic heterocycles. The zero-order valence-electron chi connectivity index (χ0n) is 21.7. The highest BCUT2D eigenvalue weighted by Crippen LogP contribution is 2.40. The van der Waals surface area contributed by atoms with Crippen molar-refractivity contribution in [1.29, 1.82) is 0 Å². The van der Waals surface area contributed by atoms with Crippen molar-refractivity contribution in [2.45, 2.75) is 102 Å². The summed E-state index contributed by atoms with van der Waals surface area (Å²) in [5.41, 5.74) is 2.56. The Morgan fingerprint density at radius 2 is 1.72 bits per heavy atom. The molecule has 1 aliphatic heterocycles. The smallest absolute Gasteiger partial charge is 0.229 e. The molecule has 0 amide bonds. The minimum absolute atomic E-state index is 0.170. The van der Waals surface area contributed by atoms with Crippen LogP contribution in [0.4, 0.5) is 17.5 Å². The second-order valence-electron chi connectivity index (χ2n) is 11.8. The van der Waals surface area contributed by atoms with E-state index in [1.165, 1.54) is 31.2 Å². The first kappa shape index (κ1) is 25.7. The fourth-order valence-corrected chi connectivity index (χ4v) is 6.39. The second-order valence-corrected chi connectivity index (χ2v) is 12.2. The zero-order chi connectivity index (χ0) is 25.1. The van der Waals surface area contributed by atoms with Gasteiger partial charge in [0.1, 0.15) is 11.0 Å². The molecule has 3 N–H and O–H groups in total. The first-order valence-electron chi connectivity index (χ1n) is 13.8. The van der Waals surface area contributed by atoms with E-state index in [2.05, 4.69) is 34.4 Å². The van der Waals surface area contributed by atoms with Crippen LogP contribution < -0.4 is 10.6 Å². The van der Waals surface area contributed by atoms with Crippen LogP contribution >= 0.6 is 11.6 Å². The van der Waals surface area contributed by atoms with E-state index < -0.39 is 0 Å². The van der Waals surface area contributed by atoms with Gasteiger partial charge in [-0.3, -0.25) is 0 Å². The van der Waals surface area contributed by atoms with E-state index in [4.69, 9.17) is 21.6 Å². The number of hydrogen-bond donors (Lipinski definition) is 3. The Hall–Kier alpha value is -1.96. The summed E-state index contributed by atoms with van der Waals surface area (Å²) in [4.78, 5) is 16.4. The van der Waals surface area contributed by atoms with Crippen LogP contribution in [0.1, 0.15) is 89.5 Å². The van der Waals surface area contributed by atoms with Gasteiger partial charge in [0.25, 0.3) is 0 Å². The highest BCUT2D eigenvalue weighted by Gasteiger charge is 2.33. The molecular weight excluding hydrogens is 472 g/mol. The molecule has 7 nitrogen and oxygen atoms in total. The second kappa shape index (κ2) is 11.2. The lowest BCUT2D eigenvalue weighted by Crippen LogP contribution is -2.43. The van der Waals surface area contributed by atoms with Crippen molar-refractivity contribution >= 4 is 29.1 Å². The first-order valence-corrected chi connectivity index (χ1v) is 14.2. The number of aliphatic hydroxyl groups excluding tert-OH is 1. The number of piperidine rings is 1. The molecule has 3 fully saturated rings. The topological polar surface area (TPSA) is 86.2 Å². The Labute approximate surface area is 220 Å². The summed E-state index contributed by atoms with van der Waals surface area (Å²) in [6, 6.07) is 4.72. The number of likely N-dealkylation sites (tertiary alicyclic amines) is 1. The number of aromatic nitrogens is 3. The molecule has 0 radical (unpaired) electrons. The number of anilines is 3. The lowest BCUT2D eigenvalue weighted by molar-refractivity contribution is 0.0855. The molecule has 2 aliphatic carbocycles.